The lowest BCUT2D eigenvalue weighted by Gasteiger charge is -2.04. The summed E-state index contributed by atoms with van der Waals surface area (Å²) in [7, 11) is 0. The Kier molecular flexibility index (Phi) is 10.7. The first kappa shape index (κ1) is 15.9. The third-order valence-corrected chi connectivity index (χ3v) is 2.53. The van der Waals surface area contributed by atoms with E-state index < -0.39 is 0 Å². The predicted molar refractivity (Wildman–Crippen MR) is 68.2 cm³/mol. The SMILES string of the molecule is NCCCCCCNC(=O)CCCCC(N)=O. The third-order valence-electron chi connectivity index (χ3n) is 2.53. The largest absolute Gasteiger partial charge is 0.370 e. The van der Waals surface area contributed by atoms with E-state index in [1.54, 1.807) is 0 Å². The first-order valence-electron chi connectivity index (χ1n) is 6.42. The molecule has 0 radical (unpaired) electrons. The molecule has 0 aromatic carbocycles. The van der Waals surface area contributed by atoms with E-state index in [1.807, 2.05) is 0 Å². The summed E-state index contributed by atoms with van der Waals surface area (Å²) in [6.07, 6.45) is 6.57. The highest BCUT2D eigenvalue weighted by molar-refractivity contribution is 5.76. The number of nitrogens with two attached hydrogens (primary N) is 2. The molecular formula is C12H25N3O2. The minimum Gasteiger partial charge on any atom is -0.370 e. The quantitative estimate of drug-likeness (QED) is 0.465. The number of amides is 2. The van der Waals surface area contributed by atoms with Crippen molar-refractivity contribution in [3.05, 3.63) is 0 Å². The molecule has 0 aliphatic carbocycles. The van der Waals surface area contributed by atoms with Crippen molar-refractivity contribution >= 4 is 11.8 Å². The second kappa shape index (κ2) is 11.4. The molecule has 0 fully saturated rings. The van der Waals surface area contributed by atoms with Gasteiger partial charge in [0, 0.05) is 19.4 Å². The summed E-state index contributed by atoms with van der Waals surface area (Å²) < 4.78 is 0. The summed E-state index contributed by atoms with van der Waals surface area (Å²) in [4.78, 5) is 21.8. The molecule has 0 spiro atoms. The summed E-state index contributed by atoms with van der Waals surface area (Å²) in [5.41, 5.74) is 10.4. The number of primary amides is 1. The van der Waals surface area contributed by atoms with Crippen molar-refractivity contribution in [3.63, 3.8) is 0 Å². The molecular weight excluding hydrogens is 218 g/mol. The van der Waals surface area contributed by atoms with Gasteiger partial charge in [-0.2, -0.15) is 0 Å². The van der Waals surface area contributed by atoms with Crippen LogP contribution in [0.25, 0.3) is 0 Å². The highest BCUT2D eigenvalue weighted by Gasteiger charge is 2.01. The molecule has 5 N–H and O–H groups in total. The number of hydrogen-bond acceptors (Lipinski definition) is 3. The first-order chi connectivity index (χ1) is 8.16. The van der Waals surface area contributed by atoms with E-state index in [1.165, 1.54) is 0 Å². The standard InChI is InChI=1S/C12H25N3O2/c13-9-5-1-2-6-10-15-12(17)8-4-3-7-11(14)16/h1-10,13H2,(H2,14,16)(H,15,17). The molecule has 0 aliphatic rings. The second-order valence-electron chi connectivity index (χ2n) is 4.23. The predicted octanol–water partition coefficient (Wildman–Crippen LogP) is 0.667. The molecule has 100 valence electrons. The van der Waals surface area contributed by atoms with Crippen LogP contribution in [-0.4, -0.2) is 24.9 Å². The van der Waals surface area contributed by atoms with Gasteiger partial charge < -0.3 is 16.8 Å². The van der Waals surface area contributed by atoms with Crippen molar-refractivity contribution in [1.29, 1.82) is 0 Å². The zero-order chi connectivity index (χ0) is 12.9. The molecule has 0 saturated heterocycles. The molecule has 0 aliphatic heterocycles. The molecule has 0 heterocycles. The maximum absolute atomic E-state index is 11.3. The zero-order valence-corrected chi connectivity index (χ0v) is 10.5. The average molecular weight is 243 g/mol. The van der Waals surface area contributed by atoms with Gasteiger partial charge in [-0.1, -0.05) is 12.8 Å². The van der Waals surface area contributed by atoms with Crippen molar-refractivity contribution in [2.75, 3.05) is 13.1 Å². The maximum atomic E-state index is 11.3. The fraction of sp³-hybridized carbons (Fsp3) is 0.833. The number of hydrogen-bond donors (Lipinski definition) is 3. The minimum absolute atomic E-state index is 0.0632. The van der Waals surface area contributed by atoms with Crippen molar-refractivity contribution in [3.8, 4) is 0 Å². The molecule has 0 rings (SSSR count). The Bertz CT molecular complexity index is 220. The van der Waals surface area contributed by atoms with Crippen LogP contribution in [0.1, 0.15) is 51.4 Å². The maximum Gasteiger partial charge on any atom is 0.219 e. The van der Waals surface area contributed by atoms with E-state index in [2.05, 4.69) is 5.32 Å². The molecule has 0 unspecified atom stereocenters. The van der Waals surface area contributed by atoms with Gasteiger partial charge in [-0.25, -0.2) is 0 Å². The first-order valence-corrected chi connectivity index (χ1v) is 6.42. The van der Waals surface area contributed by atoms with Crippen LogP contribution in [0.2, 0.25) is 0 Å². The number of carbonyl (C=O) groups is 2. The number of rotatable bonds is 11. The zero-order valence-electron chi connectivity index (χ0n) is 10.5. The molecule has 17 heavy (non-hydrogen) atoms. The summed E-state index contributed by atoms with van der Waals surface area (Å²) in [5, 5.41) is 2.86. The van der Waals surface area contributed by atoms with Gasteiger partial charge in [-0.05, 0) is 32.2 Å². The van der Waals surface area contributed by atoms with Crippen LogP contribution in [-0.2, 0) is 9.59 Å². The van der Waals surface area contributed by atoms with Crippen molar-refractivity contribution in [2.24, 2.45) is 11.5 Å². The van der Waals surface area contributed by atoms with E-state index in [4.69, 9.17) is 11.5 Å². The van der Waals surface area contributed by atoms with E-state index >= 15 is 0 Å². The van der Waals surface area contributed by atoms with Crippen molar-refractivity contribution in [1.82, 2.24) is 5.32 Å². The molecule has 5 nitrogen and oxygen atoms in total. The Hall–Kier alpha value is -1.10. The highest BCUT2D eigenvalue weighted by Crippen LogP contribution is 2.00. The van der Waals surface area contributed by atoms with Crippen LogP contribution in [0, 0.1) is 0 Å². The highest BCUT2D eigenvalue weighted by atomic mass is 16.1. The van der Waals surface area contributed by atoms with Gasteiger partial charge in [0.05, 0.1) is 0 Å². The molecule has 0 aromatic heterocycles. The lowest BCUT2D eigenvalue weighted by atomic mass is 10.1. The molecule has 5 heteroatoms. The lowest BCUT2D eigenvalue weighted by Crippen LogP contribution is -2.24. The summed E-state index contributed by atoms with van der Waals surface area (Å²) in [6.45, 7) is 1.48. The third kappa shape index (κ3) is 12.8. The average Bonchev–Trinajstić information content (AvgIpc) is 2.29. The van der Waals surface area contributed by atoms with E-state index in [-0.39, 0.29) is 11.8 Å². The summed E-state index contributed by atoms with van der Waals surface area (Å²) in [6, 6.07) is 0. The van der Waals surface area contributed by atoms with Gasteiger partial charge in [0.2, 0.25) is 11.8 Å². The van der Waals surface area contributed by atoms with E-state index in [0.717, 1.165) is 45.2 Å². The minimum atomic E-state index is -0.301. The fourth-order valence-corrected chi connectivity index (χ4v) is 1.52. The van der Waals surface area contributed by atoms with Crippen molar-refractivity contribution in [2.45, 2.75) is 51.4 Å². The van der Waals surface area contributed by atoms with Crippen LogP contribution in [0.4, 0.5) is 0 Å². The van der Waals surface area contributed by atoms with Crippen LogP contribution in [0.3, 0.4) is 0 Å². The van der Waals surface area contributed by atoms with Gasteiger partial charge in [-0.15, -0.1) is 0 Å². The van der Waals surface area contributed by atoms with Gasteiger partial charge in [-0.3, -0.25) is 9.59 Å². The second-order valence-corrected chi connectivity index (χ2v) is 4.23. The van der Waals surface area contributed by atoms with Crippen LogP contribution < -0.4 is 16.8 Å². The summed E-state index contributed by atoms with van der Waals surface area (Å²) in [5.74, 6) is -0.237. The van der Waals surface area contributed by atoms with Crippen LogP contribution >= 0.6 is 0 Å². The van der Waals surface area contributed by atoms with Crippen molar-refractivity contribution < 1.29 is 9.59 Å². The van der Waals surface area contributed by atoms with Gasteiger partial charge in [0.25, 0.3) is 0 Å². The van der Waals surface area contributed by atoms with E-state index in [0.29, 0.717) is 19.3 Å². The van der Waals surface area contributed by atoms with Crippen LogP contribution in [0.5, 0.6) is 0 Å². The monoisotopic (exact) mass is 243 g/mol. The van der Waals surface area contributed by atoms with Gasteiger partial charge in [0.1, 0.15) is 0 Å². The topological polar surface area (TPSA) is 98.2 Å². The number of nitrogens with one attached hydrogen (secondary N) is 1. The number of unbranched alkanes of at least 4 members (excludes halogenated alkanes) is 4. The van der Waals surface area contributed by atoms with Gasteiger partial charge in [0.15, 0.2) is 0 Å². The Morgan fingerprint density at radius 3 is 2.18 bits per heavy atom. The Balaban J connectivity index is 3.20. The molecule has 0 bridgehead atoms. The summed E-state index contributed by atoms with van der Waals surface area (Å²) >= 11 is 0. The molecule has 0 atom stereocenters. The van der Waals surface area contributed by atoms with Crippen LogP contribution in [0.15, 0.2) is 0 Å². The molecule has 0 saturated carbocycles. The Morgan fingerprint density at radius 1 is 0.882 bits per heavy atom. The fourth-order valence-electron chi connectivity index (χ4n) is 1.52. The van der Waals surface area contributed by atoms with Gasteiger partial charge >= 0.3 is 0 Å². The normalized spacial score (nSPS) is 10.2. The lowest BCUT2D eigenvalue weighted by molar-refractivity contribution is -0.122. The Morgan fingerprint density at radius 2 is 1.53 bits per heavy atom. The Labute approximate surface area is 103 Å². The molecule has 2 amide bonds. The smallest absolute Gasteiger partial charge is 0.219 e. The number of carbonyl (C=O) groups excluding carboxylic acids is 2. The van der Waals surface area contributed by atoms with E-state index in [9.17, 15) is 9.59 Å². The molecule has 0 aromatic rings.